The molecule has 2 radical (unpaired) electrons. The number of rotatable bonds is 1. The molecule has 0 aromatic heterocycles. The molecule has 0 N–H and O–H groups in total. The molecule has 2 aliphatic rings. The van der Waals surface area contributed by atoms with Crippen molar-refractivity contribution in [3.8, 4) is 11.8 Å². The number of hydrogen-bond donors (Lipinski definition) is 0. The van der Waals surface area contributed by atoms with Gasteiger partial charge in [-0.2, -0.15) is 0 Å². The van der Waals surface area contributed by atoms with Gasteiger partial charge >= 0.3 is 0 Å². The molecule has 2 heteroatoms. The van der Waals surface area contributed by atoms with Gasteiger partial charge in [-0.15, -0.1) is 0 Å². The molecule has 100 valence electrons. The van der Waals surface area contributed by atoms with Crippen LogP contribution >= 0.6 is 0 Å². The summed E-state index contributed by atoms with van der Waals surface area (Å²) in [4.78, 5) is 11.4. The fourth-order valence-corrected chi connectivity index (χ4v) is 1.16. The van der Waals surface area contributed by atoms with Gasteiger partial charge < -0.3 is 0 Å². The van der Waals surface area contributed by atoms with E-state index in [-0.39, 0.29) is 28.3 Å². The molecule has 0 fully saturated rings. The molecule has 0 heterocycles. The van der Waals surface area contributed by atoms with Crippen molar-refractivity contribution in [2.75, 3.05) is 0 Å². The van der Waals surface area contributed by atoms with E-state index >= 15 is 0 Å². The Morgan fingerprint density at radius 3 is 2.00 bits per heavy atom. The second kappa shape index (κ2) is 8.75. The summed E-state index contributed by atoms with van der Waals surface area (Å²) < 4.78 is 0. The molecule has 0 aromatic carbocycles. The first-order valence-corrected chi connectivity index (χ1v) is 5.95. The molecule has 0 bridgehead atoms. The Labute approximate surface area is 127 Å². The summed E-state index contributed by atoms with van der Waals surface area (Å²) in [7, 11) is 0. The number of allylic oxidation sites excluding steroid dienone is 8. The molecule has 2 rings (SSSR count). The van der Waals surface area contributed by atoms with Crippen LogP contribution in [0.4, 0.5) is 0 Å². The fourth-order valence-electron chi connectivity index (χ4n) is 1.16. The van der Waals surface area contributed by atoms with Crippen molar-refractivity contribution in [2.45, 2.75) is 20.8 Å². The van der Waals surface area contributed by atoms with Gasteiger partial charge in [0.2, 0.25) is 5.78 Å². The zero-order valence-electron chi connectivity index (χ0n) is 11.5. The fraction of sp³-hybridized carbons (Fsp3) is 0.235. The van der Waals surface area contributed by atoms with Gasteiger partial charge in [0.25, 0.3) is 0 Å². The smallest absolute Gasteiger partial charge is 0.235 e. The van der Waals surface area contributed by atoms with Gasteiger partial charge in [0, 0.05) is 40.9 Å². The molecule has 0 amide bonds. The Hall–Kier alpha value is -1.29. The molecule has 19 heavy (non-hydrogen) atoms. The minimum atomic E-state index is -0.109. The molecule has 1 nitrogen and oxygen atoms in total. The minimum Gasteiger partial charge on any atom is -0.279 e. The Morgan fingerprint density at radius 2 is 1.63 bits per heavy atom. The van der Waals surface area contributed by atoms with E-state index < -0.39 is 0 Å². The Balaban J connectivity index is 0.000000454. The topological polar surface area (TPSA) is 17.1 Å². The minimum absolute atomic E-state index is 0. The predicted molar refractivity (Wildman–Crippen MR) is 76.3 cm³/mol. The van der Waals surface area contributed by atoms with E-state index in [1.807, 2.05) is 64.0 Å². The van der Waals surface area contributed by atoms with Crippen molar-refractivity contribution >= 4 is 5.78 Å². The summed E-state index contributed by atoms with van der Waals surface area (Å²) in [6.07, 6.45) is 17.2. The van der Waals surface area contributed by atoms with Gasteiger partial charge in [-0.05, 0) is 26.7 Å². The van der Waals surface area contributed by atoms with Gasteiger partial charge in [0.15, 0.2) is 0 Å². The molecule has 0 spiro atoms. The summed E-state index contributed by atoms with van der Waals surface area (Å²) in [6.45, 7) is 5.95. The van der Waals surface area contributed by atoms with Crippen molar-refractivity contribution in [1.82, 2.24) is 0 Å². The van der Waals surface area contributed by atoms with Crippen LogP contribution in [0.15, 0.2) is 48.1 Å². The molecule has 0 atom stereocenters. The van der Waals surface area contributed by atoms with Gasteiger partial charge in [-0.1, -0.05) is 48.5 Å². The van der Waals surface area contributed by atoms with Crippen LogP contribution in [0, 0.1) is 30.1 Å². The normalized spacial score (nSPS) is 14.8. The van der Waals surface area contributed by atoms with Crippen molar-refractivity contribution in [2.24, 2.45) is 5.41 Å². The van der Waals surface area contributed by atoms with Gasteiger partial charge in [-0.3, -0.25) is 4.79 Å². The zero-order valence-corrected chi connectivity index (χ0v) is 12.6. The maximum atomic E-state index is 11.4. The van der Waals surface area contributed by atoms with E-state index in [9.17, 15) is 4.79 Å². The maximum Gasteiger partial charge on any atom is 0.235 e. The Morgan fingerprint density at radius 1 is 1.00 bits per heavy atom. The van der Waals surface area contributed by atoms with E-state index in [1.54, 1.807) is 12.2 Å². The monoisotopic (exact) mass is 294 g/mol. The van der Waals surface area contributed by atoms with Crippen molar-refractivity contribution < 1.29 is 21.9 Å². The quantitative estimate of drug-likeness (QED) is 0.410. The molecule has 0 aliphatic heterocycles. The van der Waals surface area contributed by atoms with E-state index in [4.69, 9.17) is 0 Å². The molecular formula is C17H18FeO. The zero-order chi connectivity index (χ0) is 13.4. The van der Waals surface area contributed by atoms with Crippen LogP contribution in [0.2, 0.25) is 0 Å². The average Bonchev–Trinajstić information content (AvgIpc) is 2.99. The van der Waals surface area contributed by atoms with Crippen LogP contribution in [-0.2, 0) is 21.9 Å². The number of carbonyl (C=O) groups is 1. The van der Waals surface area contributed by atoms with Crippen LogP contribution in [0.5, 0.6) is 0 Å². The second-order valence-electron chi connectivity index (χ2n) is 4.96. The summed E-state index contributed by atoms with van der Waals surface area (Å²) in [5.74, 6) is 5.45. The Kier molecular flexibility index (Phi) is 8.16. The SMILES string of the molecule is CC(C)(C)C#CC(=O)C1=C[CH]C=C1.[CH]1C=CC=C1.[Fe]. The van der Waals surface area contributed by atoms with Crippen molar-refractivity contribution in [3.63, 3.8) is 0 Å². The predicted octanol–water partition coefficient (Wildman–Crippen LogP) is 3.62. The largest absolute Gasteiger partial charge is 0.279 e. The van der Waals surface area contributed by atoms with Crippen LogP contribution in [0.3, 0.4) is 0 Å². The Bertz CT molecular complexity index is 464. The van der Waals surface area contributed by atoms with Gasteiger partial charge in [-0.25, -0.2) is 0 Å². The third kappa shape index (κ3) is 8.43. The second-order valence-corrected chi connectivity index (χ2v) is 4.96. The summed E-state index contributed by atoms with van der Waals surface area (Å²) >= 11 is 0. The molecular weight excluding hydrogens is 276 g/mol. The summed E-state index contributed by atoms with van der Waals surface area (Å²) in [6, 6.07) is 0. The van der Waals surface area contributed by atoms with E-state index in [0.717, 1.165) is 0 Å². The molecule has 0 saturated heterocycles. The summed E-state index contributed by atoms with van der Waals surface area (Å²) in [5.41, 5.74) is 0.569. The summed E-state index contributed by atoms with van der Waals surface area (Å²) in [5, 5.41) is 0. The van der Waals surface area contributed by atoms with Crippen LogP contribution in [-0.4, -0.2) is 5.78 Å². The average molecular weight is 294 g/mol. The van der Waals surface area contributed by atoms with Gasteiger partial charge in [0.1, 0.15) is 0 Å². The third-order valence-electron chi connectivity index (χ3n) is 2.03. The number of Topliss-reactive ketones (excluding diaryl/α,β-unsaturated/α-hetero) is 1. The number of ketones is 1. The maximum absolute atomic E-state index is 11.4. The first-order valence-electron chi connectivity index (χ1n) is 5.95. The molecule has 0 aromatic rings. The number of carbonyl (C=O) groups excluding carboxylic acids is 1. The van der Waals surface area contributed by atoms with Crippen LogP contribution in [0.25, 0.3) is 0 Å². The van der Waals surface area contributed by atoms with Crippen LogP contribution < -0.4 is 0 Å². The van der Waals surface area contributed by atoms with E-state index in [1.165, 1.54) is 0 Å². The third-order valence-corrected chi connectivity index (χ3v) is 2.03. The van der Waals surface area contributed by atoms with Crippen molar-refractivity contribution in [1.29, 1.82) is 0 Å². The van der Waals surface area contributed by atoms with Gasteiger partial charge in [0.05, 0.1) is 0 Å². The van der Waals surface area contributed by atoms with Crippen LogP contribution in [0.1, 0.15) is 20.8 Å². The van der Waals surface area contributed by atoms with E-state index in [0.29, 0.717) is 5.57 Å². The number of hydrogen-bond acceptors (Lipinski definition) is 1. The first kappa shape index (κ1) is 17.7. The standard InChI is InChI=1S/C12H13O.C5H5.Fe/c1-12(2,3)9-8-11(13)10-6-4-5-7-10;1-2-4-5-3-1;/h4-7H,1-3H3;1-5H;. The molecule has 2 aliphatic carbocycles. The first-order chi connectivity index (χ1) is 8.49. The molecule has 0 saturated carbocycles. The molecule has 0 unspecified atom stereocenters. The van der Waals surface area contributed by atoms with Crippen molar-refractivity contribution in [3.05, 3.63) is 60.9 Å². The van der Waals surface area contributed by atoms with E-state index in [2.05, 4.69) is 11.8 Å².